The molecule has 0 aliphatic rings. The standard InChI is InChI=1S/C17H37O4P/c1-4-6-8-10-12-14-16-20-22(18,19-3)21-17-15-13-11-9-7-5-2/h4-17H2,1-3H3. The topological polar surface area (TPSA) is 44.8 Å². The van der Waals surface area contributed by atoms with Gasteiger partial charge in [0, 0.05) is 7.11 Å². The molecule has 0 heterocycles. The normalized spacial score (nSPS) is 12.0. The number of hydrogen-bond donors (Lipinski definition) is 0. The van der Waals surface area contributed by atoms with Crippen LogP contribution in [0.25, 0.3) is 0 Å². The van der Waals surface area contributed by atoms with Gasteiger partial charge in [-0.25, -0.2) is 4.57 Å². The number of phosphoric ester groups is 1. The van der Waals surface area contributed by atoms with Gasteiger partial charge in [0.25, 0.3) is 0 Å². The summed E-state index contributed by atoms with van der Waals surface area (Å²) >= 11 is 0. The van der Waals surface area contributed by atoms with Gasteiger partial charge >= 0.3 is 7.82 Å². The summed E-state index contributed by atoms with van der Waals surface area (Å²) in [7, 11) is -1.93. The summed E-state index contributed by atoms with van der Waals surface area (Å²) in [6.45, 7) is 5.32. The zero-order chi connectivity index (χ0) is 16.5. The van der Waals surface area contributed by atoms with E-state index in [-0.39, 0.29) is 0 Å². The molecule has 0 aromatic rings. The Labute approximate surface area is 137 Å². The highest BCUT2D eigenvalue weighted by atomic mass is 31.2. The van der Waals surface area contributed by atoms with E-state index in [0.29, 0.717) is 13.2 Å². The molecule has 134 valence electrons. The molecule has 4 nitrogen and oxygen atoms in total. The van der Waals surface area contributed by atoms with Gasteiger partial charge in [-0.15, -0.1) is 0 Å². The zero-order valence-electron chi connectivity index (χ0n) is 15.0. The molecular weight excluding hydrogens is 299 g/mol. The molecular formula is C17H37O4P. The van der Waals surface area contributed by atoms with Crippen molar-refractivity contribution in [2.45, 2.75) is 90.9 Å². The van der Waals surface area contributed by atoms with Crippen LogP contribution in [0.15, 0.2) is 0 Å². The van der Waals surface area contributed by atoms with Crippen LogP contribution in [0.1, 0.15) is 90.9 Å². The highest BCUT2D eigenvalue weighted by molar-refractivity contribution is 7.48. The van der Waals surface area contributed by atoms with Crippen LogP contribution in [0.4, 0.5) is 0 Å². The molecule has 0 saturated carbocycles. The van der Waals surface area contributed by atoms with Crippen molar-refractivity contribution in [2.75, 3.05) is 20.3 Å². The van der Waals surface area contributed by atoms with Crippen LogP contribution in [0.5, 0.6) is 0 Å². The van der Waals surface area contributed by atoms with Crippen molar-refractivity contribution in [3.8, 4) is 0 Å². The molecule has 0 fully saturated rings. The number of phosphoric acid groups is 1. The van der Waals surface area contributed by atoms with Crippen molar-refractivity contribution in [3.05, 3.63) is 0 Å². The summed E-state index contributed by atoms with van der Waals surface area (Å²) in [6.07, 6.45) is 14.1. The third-order valence-corrected chi connectivity index (χ3v) is 5.16. The van der Waals surface area contributed by atoms with Gasteiger partial charge in [0.1, 0.15) is 0 Å². The molecule has 0 N–H and O–H groups in total. The summed E-state index contributed by atoms with van der Waals surface area (Å²) in [6, 6.07) is 0. The van der Waals surface area contributed by atoms with Crippen LogP contribution >= 0.6 is 7.82 Å². The van der Waals surface area contributed by atoms with Crippen LogP contribution in [-0.2, 0) is 18.1 Å². The van der Waals surface area contributed by atoms with Crippen LogP contribution in [-0.4, -0.2) is 20.3 Å². The van der Waals surface area contributed by atoms with Crippen LogP contribution < -0.4 is 0 Å². The van der Waals surface area contributed by atoms with Crippen molar-refractivity contribution in [3.63, 3.8) is 0 Å². The maximum atomic E-state index is 12.2. The fraction of sp³-hybridized carbons (Fsp3) is 1.00. The number of unbranched alkanes of at least 4 members (excludes halogenated alkanes) is 10. The van der Waals surface area contributed by atoms with E-state index in [1.807, 2.05) is 0 Å². The lowest BCUT2D eigenvalue weighted by Crippen LogP contribution is -2.01. The Kier molecular flexibility index (Phi) is 16.1. The van der Waals surface area contributed by atoms with Crippen molar-refractivity contribution in [1.29, 1.82) is 0 Å². The van der Waals surface area contributed by atoms with Crippen LogP contribution in [0.3, 0.4) is 0 Å². The van der Waals surface area contributed by atoms with E-state index in [4.69, 9.17) is 13.6 Å². The second-order valence-corrected chi connectivity index (χ2v) is 7.61. The Morgan fingerprint density at radius 2 is 1.00 bits per heavy atom. The van der Waals surface area contributed by atoms with Gasteiger partial charge in [0.05, 0.1) is 13.2 Å². The van der Waals surface area contributed by atoms with Gasteiger partial charge < -0.3 is 0 Å². The molecule has 0 amide bonds. The van der Waals surface area contributed by atoms with Crippen molar-refractivity contribution in [1.82, 2.24) is 0 Å². The summed E-state index contributed by atoms with van der Waals surface area (Å²) in [5.41, 5.74) is 0. The summed E-state index contributed by atoms with van der Waals surface area (Å²) < 4.78 is 27.8. The molecule has 0 spiro atoms. The largest absolute Gasteiger partial charge is 0.474 e. The second-order valence-electron chi connectivity index (χ2n) is 5.83. The van der Waals surface area contributed by atoms with E-state index in [9.17, 15) is 4.57 Å². The minimum Gasteiger partial charge on any atom is -0.290 e. The fourth-order valence-electron chi connectivity index (χ4n) is 2.26. The van der Waals surface area contributed by atoms with E-state index < -0.39 is 7.82 Å². The van der Waals surface area contributed by atoms with E-state index in [1.54, 1.807) is 0 Å². The Hall–Kier alpha value is 0.110. The molecule has 0 aromatic heterocycles. The molecule has 0 aromatic carbocycles. The van der Waals surface area contributed by atoms with E-state index in [1.165, 1.54) is 58.5 Å². The minimum atomic E-state index is -3.32. The lowest BCUT2D eigenvalue weighted by Gasteiger charge is -2.15. The van der Waals surface area contributed by atoms with E-state index in [2.05, 4.69) is 13.8 Å². The average molecular weight is 336 g/mol. The maximum absolute atomic E-state index is 12.2. The summed E-state index contributed by atoms with van der Waals surface area (Å²) in [5, 5.41) is 0. The molecule has 5 heteroatoms. The molecule has 22 heavy (non-hydrogen) atoms. The lowest BCUT2D eigenvalue weighted by molar-refractivity contribution is 0.127. The molecule has 0 unspecified atom stereocenters. The fourth-order valence-corrected chi connectivity index (χ4v) is 3.25. The minimum absolute atomic E-state index is 0.452. The van der Waals surface area contributed by atoms with Gasteiger partial charge in [-0.05, 0) is 12.8 Å². The smallest absolute Gasteiger partial charge is 0.290 e. The SMILES string of the molecule is CCCCCCCCOP(=O)(OC)OCCCCCCCC. The van der Waals surface area contributed by atoms with Gasteiger partial charge in [-0.3, -0.25) is 13.6 Å². The summed E-state index contributed by atoms with van der Waals surface area (Å²) in [5.74, 6) is 0. The number of rotatable bonds is 17. The van der Waals surface area contributed by atoms with Crippen molar-refractivity contribution >= 4 is 7.82 Å². The molecule has 0 radical (unpaired) electrons. The first-order chi connectivity index (χ1) is 10.7. The highest BCUT2D eigenvalue weighted by Crippen LogP contribution is 2.48. The highest BCUT2D eigenvalue weighted by Gasteiger charge is 2.23. The number of hydrogen-bond acceptors (Lipinski definition) is 4. The monoisotopic (exact) mass is 336 g/mol. The Bertz CT molecular complexity index is 249. The molecule has 0 saturated heterocycles. The molecule has 0 rings (SSSR count). The van der Waals surface area contributed by atoms with Gasteiger partial charge in [-0.1, -0.05) is 78.1 Å². The first-order valence-electron chi connectivity index (χ1n) is 9.13. The third-order valence-electron chi connectivity index (χ3n) is 3.72. The van der Waals surface area contributed by atoms with Crippen molar-refractivity contribution in [2.24, 2.45) is 0 Å². The first-order valence-corrected chi connectivity index (χ1v) is 10.6. The molecule has 0 atom stereocenters. The van der Waals surface area contributed by atoms with Gasteiger partial charge in [-0.2, -0.15) is 0 Å². The Balaban J connectivity index is 3.57. The Morgan fingerprint density at radius 1 is 0.636 bits per heavy atom. The van der Waals surface area contributed by atoms with Crippen LogP contribution in [0, 0.1) is 0 Å². The van der Waals surface area contributed by atoms with Gasteiger partial charge in [0.2, 0.25) is 0 Å². The zero-order valence-corrected chi connectivity index (χ0v) is 15.9. The predicted molar refractivity (Wildman–Crippen MR) is 93.3 cm³/mol. The second kappa shape index (κ2) is 16.0. The van der Waals surface area contributed by atoms with Gasteiger partial charge in [0.15, 0.2) is 0 Å². The quantitative estimate of drug-likeness (QED) is 0.225. The van der Waals surface area contributed by atoms with Crippen molar-refractivity contribution < 1.29 is 18.1 Å². The third kappa shape index (κ3) is 13.8. The van der Waals surface area contributed by atoms with Crippen LogP contribution in [0.2, 0.25) is 0 Å². The molecule has 0 bridgehead atoms. The van der Waals surface area contributed by atoms with E-state index >= 15 is 0 Å². The average Bonchev–Trinajstić information content (AvgIpc) is 2.53. The lowest BCUT2D eigenvalue weighted by atomic mass is 10.1. The Morgan fingerprint density at radius 3 is 1.36 bits per heavy atom. The predicted octanol–water partition coefficient (Wildman–Crippen LogP) is 6.50. The van der Waals surface area contributed by atoms with E-state index in [0.717, 1.165) is 25.7 Å². The first kappa shape index (κ1) is 22.1. The maximum Gasteiger partial charge on any atom is 0.474 e. The molecule has 0 aliphatic carbocycles. The molecule has 0 aliphatic heterocycles. The summed E-state index contributed by atoms with van der Waals surface area (Å²) in [4.78, 5) is 0.